The zero-order valence-electron chi connectivity index (χ0n) is 50.4. The first-order valence-electron chi connectivity index (χ1n) is 28.3. The minimum atomic E-state index is -0.455. The van der Waals surface area contributed by atoms with Gasteiger partial charge in [0.25, 0.3) is 0 Å². The van der Waals surface area contributed by atoms with Crippen molar-refractivity contribution in [1.29, 1.82) is 0 Å². The van der Waals surface area contributed by atoms with Crippen molar-refractivity contribution in [3.8, 4) is 22.3 Å². The number of benzene rings is 8. The van der Waals surface area contributed by atoms with Crippen LogP contribution in [-0.4, -0.2) is 10.9 Å². The van der Waals surface area contributed by atoms with Crippen molar-refractivity contribution in [2.24, 2.45) is 0 Å². The van der Waals surface area contributed by atoms with Gasteiger partial charge >= 0.3 is 200 Å². The van der Waals surface area contributed by atoms with Gasteiger partial charge in [-0.3, -0.25) is 12.2 Å². The van der Waals surface area contributed by atoms with Gasteiger partial charge in [0.05, 0.1) is 0 Å². The summed E-state index contributed by atoms with van der Waals surface area (Å²) in [4.78, 5) is 0. The molecule has 0 saturated carbocycles. The van der Waals surface area contributed by atoms with Crippen LogP contribution in [0.25, 0.3) is 22.3 Å². The number of hydrogen-bond acceptors (Lipinski definition) is 0. The van der Waals surface area contributed by atoms with E-state index < -0.39 is 10.9 Å². The van der Waals surface area contributed by atoms with Gasteiger partial charge in [0.15, 0.2) is 0 Å². The molecule has 416 valence electrons. The van der Waals surface area contributed by atoms with Crippen LogP contribution in [0.4, 0.5) is 0 Å². The fourth-order valence-electron chi connectivity index (χ4n) is 9.40. The van der Waals surface area contributed by atoms with Gasteiger partial charge in [-0.2, -0.15) is 70.8 Å². The van der Waals surface area contributed by atoms with Crippen molar-refractivity contribution >= 4 is 31.6 Å². The van der Waals surface area contributed by atoms with Crippen molar-refractivity contribution in [2.45, 2.75) is 130 Å². The first-order valence-corrected chi connectivity index (χ1v) is 38.7. The second kappa shape index (κ2) is 31.6. The van der Waals surface area contributed by atoms with Crippen molar-refractivity contribution in [2.75, 3.05) is 0 Å². The van der Waals surface area contributed by atoms with E-state index in [1.807, 2.05) is 24.3 Å². The molecule has 4 aliphatic rings. The van der Waals surface area contributed by atoms with Crippen LogP contribution >= 0.6 is 0 Å². The number of fused-ring (bicyclic) bond motifs is 6. The molecule has 6 heteroatoms. The van der Waals surface area contributed by atoms with Crippen LogP contribution in [0.1, 0.15) is 140 Å². The molecule has 4 aliphatic carbocycles. The molecule has 0 radical (unpaired) electrons. The second-order valence-corrected chi connectivity index (χ2v) is 36.1. The number of rotatable bonds is 4. The summed E-state index contributed by atoms with van der Waals surface area (Å²) >= 11 is 3.29. The quantitative estimate of drug-likeness (QED) is 0.122. The SMILES string of the molecule is CC(C)(C)c1c[c-]c2c(c1)-c1cc(C(C)(C)C)ccc1C2.CC(C)(C)c1c[c-]c2c(c1)-c1cc(C(C)(C)C)ccc1C2.[C-]1=CC=CC1.[C-]1=CC=CC1.[Cl-].[Cl-].[Zr+2]=[Si](c1ccccc1)c1ccccc1.[Zr+2]=[Si](c1ccccc1)c1ccccc1. The molecule has 0 bridgehead atoms. The van der Waals surface area contributed by atoms with Gasteiger partial charge in [-0.25, -0.2) is 24.3 Å². The first-order chi connectivity index (χ1) is 38.1. The minimum absolute atomic E-state index is 0. The van der Waals surface area contributed by atoms with Crippen LogP contribution in [0, 0.1) is 24.3 Å². The first kappa shape index (κ1) is 68.3. The average Bonchev–Trinajstić information content (AvgIpc) is 3.89. The Morgan fingerprint density at radius 2 is 0.634 bits per heavy atom. The van der Waals surface area contributed by atoms with E-state index in [9.17, 15) is 0 Å². The molecule has 0 atom stereocenters. The fourth-order valence-corrected chi connectivity index (χ4v) is 17.1. The van der Waals surface area contributed by atoms with E-state index in [1.54, 1.807) is 46.7 Å². The Morgan fingerprint density at radius 3 is 0.866 bits per heavy atom. The van der Waals surface area contributed by atoms with Crippen molar-refractivity contribution in [1.82, 2.24) is 0 Å². The maximum absolute atomic E-state index is 3.53. The summed E-state index contributed by atoms with van der Waals surface area (Å²) in [6, 6.07) is 73.5. The second-order valence-electron chi connectivity index (χ2n) is 24.9. The summed E-state index contributed by atoms with van der Waals surface area (Å²) in [5.41, 5.74) is 16.6. The third-order valence-electron chi connectivity index (χ3n) is 14.5. The average molecular weight is 1300 g/mol. The topological polar surface area (TPSA) is 0 Å². The molecule has 0 spiro atoms. The number of allylic oxidation sites excluding steroid dienone is 8. The Kier molecular flexibility index (Phi) is 26.3. The van der Waals surface area contributed by atoms with Gasteiger partial charge in [-0.15, -0.1) is 24.0 Å². The van der Waals surface area contributed by atoms with Crippen molar-refractivity contribution in [3.63, 3.8) is 0 Å². The molecule has 12 rings (SSSR count). The summed E-state index contributed by atoms with van der Waals surface area (Å²) in [6.45, 7) is 27.3. The molecule has 8 aromatic rings. The Bertz CT molecular complexity index is 3020. The summed E-state index contributed by atoms with van der Waals surface area (Å²) < 4.78 is 0. The third kappa shape index (κ3) is 19.8. The van der Waals surface area contributed by atoms with E-state index >= 15 is 0 Å². The fraction of sp³-hybridized carbons (Fsp3) is 0.263. The molecule has 0 nitrogen and oxygen atoms in total. The maximum atomic E-state index is 3.53. The summed E-state index contributed by atoms with van der Waals surface area (Å²) in [6.07, 6.45) is 22.1. The number of hydrogen-bond donors (Lipinski definition) is 0. The van der Waals surface area contributed by atoms with E-state index in [0.29, 0.717) is 0 Å². The van der Waals surface area contributed by atoms with Crippen LogP contribution in [0.2, 0.25) is 0 Å². The summed E-state index contributed by atoms with van der Waals surface area (Å²) in [5, 5.41) is 6.06. The molecule has 0 aromatic heterocycles. The normalized spacial score (nSPS) is 12.7. The van der Waals surface area contributed by atoms with E-state index in [1.165, 1.54) is 87.5 Å². The van der Waals surface area contributed by atoms with Gasteiger partial charge < -0.3 is 24.8 Å². The van der Waals surface area contributed by atoms with Crippen LogP contribution in [-0.2, 0) is 81.2 Å². The summed E-state index contributed by atoms with van der Waals surface area (Å²) in [7, 11) is 0. The summed E-state index contributed by atoms with van der Waals surface area (Å²) in [5.74, 6) is 0. The Labute approximate surface area is 537 Å². The third-order valence-corrected chi connectivity index (χ3v) is 26.6. The van der Waals surface area contributed by atoms with Crippen LogP contribution < -0.4 is 45.6 Å². The molecule has 0 fully saturated rings. The van der Waals surface area contributed by atoms with Crippen molar-refractivity contribution < 1.29 is 71.5 Å². The molecule has 82 heavy (non-hydrogen) atoms. The number of halogens is 2. The van der Waals surface area contributed by atoms with Gasteiger partial charge in [-0.1, -0.05) is 153 Å². The zero-order chi connectivity index (χ0) is 57.5. The van der Waals surface area contributed by atoms with Gasteiger partial charge in [0, 0.05) is 0 Å². The molecule has 0 unspecified atom stereocenters. The molecular weight excluding hydrogens is 1220 g/mol. The Balaban J connectivity index is 0.000000190. The van der Waals surface area contributed by atoms with Gasteiger partial charge in [-0.05, 0) is 34.8 Å². The van der Waals surface area contributed by atoms with Gasteiger partial charge in [0.2, 0.25) is 0 Å². The predicted octanol–water partition coefficient (Wildman–Crippen LogP) is 10.6. The molecule has 0 amide bonds. The van der Waals surface area contributed by atoms with Gasteiger partial charge in [0.1, 0.15) is 0 Å². The van der Waals surface area contributed by atoms with Crippen molar-refractivity contribution in [3.05, 3.63) is 287 Å². The zero-order valence-corrected chi connectivity index (χ0v) is 58.8. The van der Waals surface area contributed by atoms with E-state index in [2.05, 4.69) is 302 Å². The molecule has 8 aromatic carbocycles. The molecule has 0 heterocycles. The molecule has 0 aliphatic heterocycles. The predicted molar refractivity (Wildman–Crippen MR) is 341 cm³/mol. The van der Waals surface area contributed by atoms with E-state index in [0.717, 1.165) is 25.7 Å². The van der Waals surface area contributed by atoms with E-state index in [-0.39, 0.29) is 46.5 Å². The van der Waals surface area contributed by atoms with Crippen LogP contribution in [0.5, 0.6) is 0 Å². The molecule has 0 N–H and O–H groups in total. The van der Waals surface area contributed by atoms with Crippen LogP contribution in [0.3, 0.4) is 0 Å². The van der Waals surface area contributed by atoms with Crippen LogP contribution in [0.15, 0.2) is 218 Å². The Hall–Kier alpha value is -4.50. The standard InChI is InChI=1S/2C21H25.2C12H10Si.2C5H5.2ClH.2Zr/c2*1-20(2,3)16-9-7-14-11-15-8-10-17(21(4,5)6)13-19(15)18(14)12-16;2*1-3-7-11(8-4-1)13-12-9-5-2-6-10-12;2*1-2-4-5-3-1;;;;/h2*7,9-10,12-13H,11H2,1-6H3;2*1-10H;2*1-3H,4H2;2*1H;;/q2*-1;;;2*-1;;;2*+2/p-2. The molecular formula is C76H80Cl2Si2Zr2-2. The van der Waals surface area contributed by atoms with E-state index in [4.69, 9.17) is 0 Å². The Morgan fingerprint density at radius 1 is 0.354 bits per heavy atom. The monoisotopic (exact) mass is 1300 g/mol. The molecule has 0 saturated heterocycles.